The van der Waals surface area contributed by atoms with E-state index in [1.54, 1.807) is 0 Å². The minimum absolute atomic E-state index is 0. The fourth-order valence-electron chi connectivity index (χ4n) is 0.786. The fourth-order valence-corrected chi connectivity index (χ4v) is 0.786. The molecule has 0 amide bonds. The van der Waals surface area contributed by atoms with Crippen LogP contribution in [0, 0.1) is 6.08 Å². The first-order valence-corrected chi connectivity index (χ1v) is 4.07. The third-order valence-electron chi connectivity index (χ3n) is 1.24. The van der Waals surface area contributed by atoms with E-state index in [1.165, 1.54) is 19.3 Å². The molecule has 0 N–H and O–H groups in total. The van der Waals surface area contributed by atoms with Gasteiger partial charge in [-0.25, -0.2) is 0 Å². The first-order valence-electron chi connectivity index (χ1n) is 4.07. The molecule has 0 saturated heterocycles. The molecule has 1 aliphatic rings. The van der Waals surface area contributed by atoms with Crippen molar-refractivity contribution in [2.75, 3.05) is 0 Å². The molecule has 0 saturated carbocycles. The van der Waals surface area contributed by atoms with E-state index in [-0.39, 0.29) is 19.5 Å². The van der Waals surface area contributed by atoms with Gasteiger partial charge < -0.3 is 23.3 Å². The summed E-state index contributed by atoms with van der Waals surface area (Å²) in [5, 5.41) is 0. The summed E-state index contributed by atoms with van der Waals surface area (Å²) in [5.74, 6) is 0. The Bertz CT molecular complexity index is 145. The smallest absolute Gasteiger partial charge is 0.500 e. The number of hydrogen-bond donors (Lipinski definition) is 0. The average Bonchev–Trinajstić information content (AvgIpc) is 1.79. The van der Waals surface area contributed by atoms with Crippen LogP contribution in [-0.4, -0.2) is 7.25 Å². The summed E-state index contributed by atoms with van der Waals surface area (Å²) in [6, 6.07) is 0. The summed E-state index contributed by atoms with van der Waals surface area (Å²) in [6.45, 7) is 0. The van der Waals surface area contributed by atoms with E-state index in [1.807, 2.05) is 0 Å². The van der Waals surface area contributed by atoms with Crippen molar-refractivity contribution in [2.45, 2.75) is 25.7 Å². The van der Waals surface area contributed by atoms with Crippen LogP contribution in [0.15, 0.2) is 18.2 Å². The van der Waals surface area contributed by atoms with Crippen LogP contribution in [-0.2, 0) is 19.5 Å². The maximum absolute atomic E-state index is 9.75. The Labute approximate surface area is 94.3 Å². The molecule has 0 fully saturated rings. The second-order valence-corrected chi connectivity index (χ2v) is 2.49. The Kier molecular flexibility index (Phi) is 11.0. The molecule has 1 radical (unpaired) electrons. The SMILES string of the molecule is F[B-](F)(F)F.[C-]1=CCC/C=C\CC1.[Rh]. The average molecular weight is 297 g/mol. The van der Waals surface area contributed by atoms with Crippen LogP contribution in [0.5, 0.6) is 0 Å². The zero-order valence-corrected chi connectivity index (χ0v) is 9.12. The van der Waals surface area contributed by atoms with Gasteiger partial charge in [0.25, 0.3) is 0 Å². The first kappa shape index (κ1) is 16.3. The van der Waals surface area contributed by atoms with E-state index in [4.69, 9.17) is 0 Å². The molecular formula is C8H11BF4Rh-2. The molecule has 0 aromatic carbocycles. The molecule has 0 unspecified atom stereocenters. The maximum atomic E-state index is 9.75. The Balaban J connectivity index is 0. The number of halogens is 4. The third kappa shape index (κ3) is 22.7. The topological polar surface area (TPSA) is 0 Å². The molecule has 0 aromatic rings. The Hall–Kier alpha value is -0.112. The van der Waals surface area contributed by atoms with Crippen molar-refractivity contribution in [1.29, 1.82) is 0 Å². The van der Waals surface area contributed by atoms with Gasteiger partial charge in [-0.05, 0) is 6.42 Å². The van der Waals surface area contributed by atoms with E-state index in [0.29, 0.717) is 0 Å². The summed E-state index contributed by atoms with van der Waals surface area (Å²) in [6.07, 6.45) is 14.5. The van der Waals surface area contributed by atoms with Gasteiger partial charge in [-0.15, -0.1) is 0 Å². The molecule has 0 heterocycles. The van der Waals surface area contributed by atoms with Gasteiger partial charge in [-0.1, -0.05) is 25.0 Å². The van der Waals surface area contributed by atoms with Crippen LogP contribution < -0.4 is 0 Å². The fraction of sp³-hybridized carbons (Fsp3) is 0.500. The van der Waals surface area contributed by atoms with Crippen molar-refractivity contribution < 1.29 is 36.7 Å². The second kappa shape index (κ2) is 9.44. The Morgan fingerprint density at radius 2 is 1.43 bits per heavy atom. The maximum Gasteiger partial charge on any atom is 0.673 e. The summed E-state index contributed by atoms with van der Waals surface area (Å²) in [5.41, 5.74) is 0. The van der Waals surface area contributed by atoms with Crippen molar-refractivity contribution in [3.63, 3.8) is 0 Å². The van der Waals surface area contributed by atoms with Crippen molar-refractivity contribution >= 4 is 7.25 Å². The monoisotopic (exact) mass is 297 g/mol. The van der Waals surface area contributed by atoms with E-state index < -0.39 is 7.25 Å². The van der Waals surface area contributed by atoms with Crippen LogP contribution >= 0.6 is 0 Å². The zero-order chi connectivity index (χ0) is 10.2. The predicted octanol–water partition coefficient (Wildman–Crippen LogP) is 3.77. The zero-order valence-electron chi connectivity index (χ0n) is 7.48. The van der Waals surface area contributed by atoms with E-state index in [0.717, 1.165) is 6.42 Å². The first-order chi connectivity index (χ1) is 6.00. The molecular weight excluding hydrogens is 286 g/mol. The van der Waals surface area contributed by atoms with Crippen LogP contribution in [0.4, 0.5) is 17.3 Å². The molecule has 0 aromatic heterocycles. The largest absolute Gasteiger partial charge is 0.673 e. The van der Waals surface area contributed by atoms with Gasteiger partial charge in [-0.3, -0.25) is 6.08 Å². The van der Waals surface area contributed by atoms with Crippen LogP contribution in [0.3, 0.4) is 0 Å². The quantitative estimate of drug-likeness (QED) is 0.276. The molecule has 0 spiro atoms. The number of allylic oxidation sites excluding steroid dienone is 4. The van der Waals surface area contributed by atoms with E-state index >= 15 is 0 Å². The minimum Gasteiger partial charge on any atom is -0.500 e. The van der Waals surface area contributed by atoms with Gasteiger partial charge in [0.1, 0.15) is 0 Å². The van der Waals surface area contributed by atoms with Crippen LogP contribution in [0.25, 0.3) is 0 Å². The molecule has 1 aliphatic carbocycles. The number of hydrogen-bond acceptors (Lipinski definition) is 0. The van der Waals surface area contributed by atoms with Gasteiger partial charge >= 0.3 is 7.25 Å². The van der Waals surface area contributed by atoms with Gasteiger partial charge in [0, 0.05) is 19.5 Å². The van der Waals surface area contributed by atoms with Gasteiger partial charge in [-0.2, -0.15) is 6.42 Å². The molecule has 0 nitrogen and oxygen atoms in total. The van der Waals surface area contributed by atoms with Gasteiger partial charge in [0.15, 0.2) is 0 Å². The molecule has 0 aliphatic heterocycles. The second-order valence-electron chi connectivity index (χ2n) is 2.49. The summed E-state index contributed by atoms with van der Waals surface area (Å²) >= 11 is 0. The Morgan fingerprint density at radius 3 is 2.00 bits per heavy atom. The molecule has 6 heteroatoms. The predicted molar refractivity (Wildman–Crippen MR) is 45.6 cm³/mol. The van der Waals surface area contributed by atoms with Gasteiger partial charge in [0.05, 0.1) is 0 Å². The summed E-state index contributed by atoms with van der Waals surface area (Å²) in [7, 11) is -6.00. The van der Waals surface area contributed by atoms with Crippen molar-refractivity contribution in [2.24, 2.45) is 0 Å². The number of rotatable bonds is 0. The van der Waals surface area contributed by atoms with E-state index in [9.17, 15) is 17.3 Å². The summed E-state index contributed by atoms with van der Waals surface area (Å²) < 4.78 is 39.0. The molecule has 85 valence electrons. The summed E-state index contributed by atoms with van der Waals surface area (Å²) in [4.78, 5) is 0. The van der Waals surface area contributed by atoms with E-state index in [2.05, 4.69) is 24.3 Å². The molecule has 0 atom stereocenters. The minimum atomic E-state index is -6.00. The Morgan fingerprint density at radius 1 is 0.929 bits per heavy atom. The standard InChI is InChI=1S/C8H11.BF4.Rh/c1-2-4-6-8-7-5-3-1;2-1(3,4)5;/h1-2,7H,3-6H2;;/q2*-1;/b2-1-;;. The van der Waals surface area contributed by atoms with Crippen LogP contribution in [0.1, 0.15) is 25.7 Å². The van der Waals surface area contributed by atoms with Gasteiger partial charge in [0.2, 0.25) is 0 Å². The van der Waals surface area contributed by atoms with Crippen molar-refractivity contribution in [3.05, 3.63) is 24.3 Å². The molecule has 0 bridgehead atoms. The normalized spacial score (nSPS) is 18.0. The third-order valence-corrected chi connectivity index (χ3v) is 1.24. The van der Waals surface area contributed by atoms with Crippen LogP contribution in [0.2, 0.25) is 0 Å². The van der Waals surface area contributed by atoms with Crippen molar-refractivity contribution in [1.82, 2.24) is 0 Å². The molecule has 1 rings (SSSR count). The molecule has 14 heavy (non-hydrogen) atoms. The van der Waals surface area contributed by atoms with Crippen molar-refractivity contribution in [3.8, 4) is 0 Å².